The van der Waals surface area contributed by atoms with Crippen LogP contribution in [0.25, 0.3) is 0 Å². The molecule has 0 saturated carbocycles. The van der Waals surface area contributed by atoms with Crippen LogP contribution in [-0.2, 0) is 0 Å². The number of nitrogens with one attached hydrogen (secondary N) is 2. The Labute approximate surface area is 126 Å². The smallest absolute Gasteiger partial charge is 0.355 e. The van der Waals surface area contributed by atoms with Crippen molar-refractivity contribution in [3.63, 3.8) is 0 Å². The molecule has 2 amide bonds. The number of urea groups is 1. The molecule has 0 bridgehead atoms. The first kappa shape index (κ1) is 15.0. The van der Waals surface area contributed by atoms with Gasteiger partial charge in [0.05, 0.1) is 12.4 Å². The van der Waals surface area contributed by atoms with E-state index in [4.69, 9.17) is 0 Å². The largest absolute Gasteiger partial charge is 0.507 e. The minimum absolute atomic E-state index is 0.0611. The molecule has 0 unspecified atom stereocenters. The lowest BCUT2D eigenvalue weighted by Gasteiger charge is -2.00. The minimum atomic E-state index is -0.654. The van der Waals surface area contributed by atoms with Crippen molar-refractivity contribution in [1.29, 1.82) is 0 Å². The van der Waals surface area contributed by atoms with Gasteiger partial charge in [0.25, 0.3) is 0 Å². The van der Waals surface area contributed by atoms with E-state index in [2.05, 4.69) is 21.1 Å². The third kappa shape index (κ3) is 4.34. The van der Waals surface area contributed by atoms with Gasteiger partial charge in [-0.1, -0.05) is 24.3 Å². The second-order valence-electron chi connectivity index (χ2n) is 4.19. The molecular formula is C15H14N4O3. The van der Waals surface area contributed by atoms with Gasteiger partial charge in [-0.05, 0) is 24.3 Å². The van der Waals surface area contributed by atoms with Gasteiger partial charge in [0.2, 0.25) is 0 Å². The quantitative estimate of drug-likeness (QED) is 0.510. The molecule has 0 aliphatic rings. The van der Waals surface area contributed by atoms with Gasteiger partial charge in [0.1, 0.15) is 11.5 Å². The fraction of sp³-hybridized carbons (Fsp3) is 0. The summed E-state index contributed by atoms with van der Waals surface area (Å²) in [6.45, 7) is 0. The number of hydrazone groups is 2. The summed E-state index contributed by atoms with van der Waals surface area (Å²) >= 11 is 0. The van der Waals surface area contributed by atoms with Crippen LogP contribution in [0.1, 0.15) is 11.1 Å². The number of hydrogen-bond donors (Lipinski definition) is 4. The molecule has 0 saturated heterocycles. The van der Waals surface area contributed by atoms with Crippen LogP contribution in [-0.4, -0.2) is 28.7 Å². The minimum Gasteiger partial charge on any atom is -0.507 e. The molecule has 2 aromatic carbocycles. The van der Waals surface area contributed by atoms with Gasteiger partial charge in [0.15, 0.2) is 0 Å². The highest BCUT2D eigenvalue weighted by Gasteiger charge is 1.98. The highest BCUT2D eigenvalue weighted by molar-refractivity contribution is 5.86. The molecule has 0 radical (unpaired) electrons. The van der Waals surface area contributed by atoms with E-state index in [-0.39, 0.29) is 11.5 Å². The van der Waals surface area contributed by atoms with Crippen LogP contribution in [0.2, 0.25) is 0 Å². The fourth-order valence-electron chi connectivity index (χ4n) is 1.54. The fourth-order valence-corrected chi connectivity index (χ4v) is 1.54. The summed E-state index contributed by atoms with van der Waals surface area (Å²) in [5, 5.41) is 26.4. The summed E-state index contributed by atoms with van der Waals surface area (Å²) in [5.41, 5.74) is 5.33. The second kappa shape index (κ2) is 7.44. The molecule has 0 aromatic heterocycles. The molecule has 0 aliphatic heterocycles. The third-order valence-electron chi connectivity index (χ3n) is 2.61. The average molecular weight is 298 g/mol. The second-order valence-corrected chi connectivity index (χ2v) is 4.19. The molecule has 22 heavy (non-hydrogen) atoms. The summed E-state index contributed by atoms with van der Waals surface area (Å²) in [4.78, 5) is 11.4. The average Bonchev–Trinajstić information content (AvgIpc) is 2.51. The molecule has 2 rings (SSSR count). The van der Waals surface area contributed by atoms with E-state index >= 15 is 0 Å². The van der Waals surface area contributed by atoms with Crippen LogP contribution in [0.5, 0.6) is 11.5 Å². The number of amides is 2. The van der Waals surface area contributed by atoms with Gasteiger partial charge in [-0.25, -0.2) is 15.6 Å². The van der Waals surface area contributed by atoms with E-state index < -0.39 is 6.03 Å². The van der Waals surface area contributed by atoms with Crippen molar-refractivity contribution < 1.29 is 15.0 Å². The number of rotatable bonds is 4. The van der Waals surface area contributed by atoms with Gasteiger partial charge in [0, 0.05) is 11.1 Å². The van der Waals surface area contributed by atoms with E-state index in [0.717, 1.165) is 0 Å². The third-order valence-corrected chi connectivity index (χ3v) is 2.61. The molecule has 4 N–H and O–H groups in total. The zero-order chi connectivity index (χ0) is 15.8. The number of carbonyl (C=O) groups excluding carboxylic acids is 1. The first-order valence-electron chi connectivity index (χ1n) is 6.35. The molecule has 0 atom stereocenters. The van der Waals surface area contributed by atoms with E-state index in [9.17, 15) is 15.0 Å². The van der Waals surface area contributed by atoms with Crippen molar-refractivity contribution in [2.45, 2.75) is 0 Å². The standard InChI is InChI=1S/C15H14N4O3/c20-13-7-3-1-5-11(13)9-16-18-15(22)19-17-10-12-6-2-4-8-14(12)21/h1-10,20-21H,(H2,18,19,22)/b16-9-,17-10+. The highest BCUT2D eigenvalue weighted by Crippen LogP contribution is 2.13. The molecule has 2 aromatic rings. The zero-order valence-electron chi connectivity index (χ0n) is 11.5. The Balaban J connectivity index is 1.84. The first-order valence-corrected chi connectivity index (χ1v) is 6.35. The molecule has 0 heterocycles. The van der Waals surface area contributed by atoms with Gasteiger partial charge in [-0.15, -0.1) is 0 Å². The van der Waals surface area contributed by atoms with Gasteiger partial charge >= 0.3 is 6.03 Å². The van der Waals surface area contributed by atoms with Crippen molar-refractivity contribution in [3.05, 3.63) is 59.7 Å². The lowest BCUT2D eigenvalue weighted by atomic mass is 10.2. The topological polar surface area (TPSA) is 106 Å². The maximum absolute atomic E-state index is 11.4. The lowest BCUT2D eigenvalue weighted by molar-refractivity contribution is 0.242. The number of carbonyl (C=O) groups is 1. The van der Waals surface area contributed by atoms with Crippen molar-refractivity contribution in [2.24, 2.45) is 10.2 Å². The number of para-hydroxylation sites is 2. The van der Waals surface area contributed by atoms with E-state index in [1.807, 2.05) is 0 Å². The van der Waals surface area contributed by atoms with Crippen LogP contribution in [0.3, 0.4) is 0 Å². The number of phenols is 2. The maximum atomic E-state index is 11.4. The Bertz CT molecular complexity index is 654. The highest BCUT2D eigenvalue weighted by atomic mass is 16.3. The molecule has 0 spiro atoms. The van der Waals surface area contributed by atoms with Crippen molar-refractivity contribution >= 4 is 18.5 Å². The van der Waals surface area contributed by atoms with E-state index in [0.29, 0.717) is 11.1 Å². The zero-order valence-corrected chi connectivity index (χ0v) is 11.5. The monoisotopic (exact) mass is 298 g/mol. The van der Waals surface area contributed by atoms with Crippen LogP contribution in [0.15, 0.2) is 58.7 Å². The summed E-state index contributed by atoms with van der Waals surface area (Å²) < 4.78 is 0. The molecule has 7 nitrogen and oxygen atoms in total. The number of benzene rings is 2. The van der Waals surface area contributed by atoms with Gasteiger partial charge in [-0.3, -0.25) is 0 Å². The Morgan fingerprint density at radius 3 is 1.64 bits per heavy atom. The normalized spacial score (nSPS) is 10.9. The van der Waals surface area contributed by atoms with Gasteiger partial charge in [-0.2, -0.15) is 10.2 Å². The van der Waals surface area contributed by atoms with Crippen molar-refractivity contribution in [2.75, 3.05) is 0 Å². The molecule has 7 heteroatoms. The predicted octanol–water partition coefficient (Wildman–Crippen LogP) is 1.76. The van der Waals surface area contributed by atoms with E-state index in [1.165, 1.54) is 24.6 Å². The molecule has 112 valence electrons. The molecule has 0 aliphatic carbocycles. The first-order chi connectivity index (χ1) is 10.7. The van der Waals surface area contributed by atoms with E-state index in [1.54, 1.807) is 36.4 Å². The Hall–Kier alpha value is -3.35. The summed E-state index contributed by atoms with van der Waals surface area (Å²) in [6, 6.07) is 12.5. The van der Waals surface area contributed by atoms with Crippen molar-refractivity contribution in [3.8, 4) is 11.5 Å². The number of hydrogen-bond acceptors (Lipinski definition) is 5. The molecular weight excluding hydrogens is 284 g/mol. The number of aromatic hydroxyl groups is 2. The van der Waals surface area contributed by atoms with Crippen LogP contribution in [0, 0.1) is 0 Å². The van der Waals surface area contributed by atoms with Gasteiger partial charge < -0.3 is 10.2 Å². The Morgan fingerprint density at radius 1 is 0.818 bits per heavy atom. The molecule has 0 fully saturated rings. The van der Waals surface area contributed by atoms with Crippen LogP contribution < -0.4 is 10.9 Å². The van der Waals surface area contributed by atoms with Crippen LogP contribution in [0.4, 0.5) is 4.79 Å². The predicted molar refractivity (Wildman–Crippen MR) is 83.1 cm³/mol. The lowest BCUT2D eigenvalue weighted by Crippen LogP contribution is -2.28. The van der Waals surface area contributed by atoms with Crippen LogP contribution >= 0.6 is 0 Å². The Morgan fingerprint density at radius 2 is 1.23 bits per heavy atom. The maximum Gasteiger partial charge on any atom is 0.355 e. The number of phenolic OH excluding ortho intramolecular Hbond substituents is 2. The van der Waals surface area contributed by atoms with Crippen molar-refractivity contribution in [1.82, 2.24) is 10.9 Å². The summed E-state index contributed by atoms with van der Waals surface area (Å²) in [6.07, 6.45) is 2.61. The Kier molecular flexibility index (Phi) is 5.09. The number of nitrogens with zero attached hydrogens (tertiary/aromatic N) is 2. The summed E-state index contributed by atoms with van der Waals surface area (Å²) in [7, 11) is 0. The SMILES string of the molecule is O=C(N/N=C\c1ccccc1O)N/N=C/c1ccccc1O. The summed E-state index contributed by atoms with van der Waals surface area (Å²) in [5.74, 6) is 0.122.